The van der Waals surface area contributed by atoms with Gasteiger partial charge < -0.3 is 15.5 Å². The maximum absolute atomic E-state index is 12.2. The molecule has 2 N–H and O–H groups in total. The summed E-state index contributed by atoms with van der Waals surface area (Å²) >= 11 is 0. The van der Waals surface area contributed by atoms with Gasteiger partial charge in [-0.05, 0) is 49.4 Å². The van der Waals surface area contributed by atoms with Crippen molar-refractivity contribution in [3.8, 4) is 0 Å². The van der Waals surface area contributed by atoms with Gasteiger partial charge in [0, 0.05) is 32.3 Å². The standard InChI is InChI=1S/C21H27N5O2/c1-3-20(27)25-17-5-7-19(23-14-17)26-10-8-16(9-11-26)13-24-21(28)18-6-4-15(2)12-22-18/h4-7,12,14,16H,3,8-11,13H2,1-2H3,(H,24,28)(H,25,27). The average molecular weight is 381 g/mol. The average Bonchev–Trinajstić information content (AvgIpc) is 2.73. The van der Waals surface area contributed by atoms with E-state index in [-0.39, 0.29) is 11.8 Å². The molecule has 0 bridgehead atoms. The maximum Gasteiger partial charge on any atom is 0.269 e. The van der Waals surface area contributed by atoms with E-state index < -0.39 is 0 Å². The molecule has 2 amide bonds. The van der Waals surface area contributed by atoms with Crippen molar-refractivity contribution in [2.75, 3.05) is 29.9 Å². The van der Waals surface area contributed by atoms with Crippen LogP contribution in [0.3, 0.4) is 0 Å². The van der Waals surface area contributed by atoms with Gasteiger partial charge in [0.15, 0.2) is 0 Å². The highest BCUT2D eigenvalue weighted by Gasteiger charge is 2.21. The summed E-state index contributed by atoms with van der Waals surface area (Å²) in [4.78, 5) is 34.5. The van der Waals surface area contributed by atoms with Crippen LogP contribution in [0.2, 0.25) is 0 Å². The van der Waals surface area contributed by atoms with Crippen molar-refractivity contribution in [1.82, 2.24) is 15.3 Å². The maximum atomic E-state index is 12.2. The van der Waals surface area contributed by atoms with Gasteiger partial charge in [-0.25, -0.2) is 4.98 Å². The first kappa shape index (κ1) is 19.8. The first-order chi connectivity index (χ1) is 13.5. The first-order valence-corrected chi connectivity index (χ1v) is 9.77. The van der Waals surface area contributed by atoms with Crippen LogP contribution >= 0.6 is 0 Å². The number of hydrogen-bond acceptors (Lipinski definition) is 5. The number of piperidine rings is 1. The van der Waals surface area contributed by atoms with Gasteiger partial charge in [0.2, 0.25) is 5.91 Å². The van der Waals surface area contributed by atoms with Crippen molar-refractivity contribution < 1.29 is 9.59 Å². The first-order valence-electron chi connectivity index (χ1n) is 9.77. The van der Waals surface area contributed by atoms with Crippen LogP contribution < -0.4 is 15.5 Å². The molecule has 7 nitrogen and oxygen atoms in total. The Hall–Kier alpha value is -2.96. The Morgan fingerprint density at radius 2 is 1.89 bits per heavy atom. The van der Waals surface area contributed by atoms with Gasteiger partial charge in [0.25, 0.3) is 5.91 Å². The third-order valence-electron chi connectivity index (χ3n) is 4.99. The molecule has 0 aliphatic carbocycles. The largest absolute Gasteiger partial charge is 0.357 e. The van der Waals surface area contributed by atoms with Crippen LogP contribution in [0, 0.1) is 12.8 Å². The van der Waals surface area contributed by atoms with Crippen LogP contribution in [0.15, 0.2) is 36.7 Å². The summed E-state index contributed by atoms with van der Waals surface area (Å²) in [6.45, 7) is 6.23. The van der Waals surface area contributed by atoms with Gasteiger partial charge in [-0.1, -0.05) is 13.0 Å². The number of anilines is 2. The zero-order valence-electron chi connectivity index (χ0n) is 16.4. The topological polar surface area (TPSA) is 87.2 Å². The Balaban J connectivity index is 1.44. The van der Waals surface area contributed by atoms with E-state index in [1.165, 1.54) is 0 Å². The van der Waals surface area contributed by atoms with Crippen LogP contribution in [0.25, 0.3) is 0 Å². The third kappa shape index (κ3) is 5.28. The smallest absolute Gasteiger partial charge is 0.269 e. The summed E-state index contributed by atoms with van der Waals surface area (Å²) in [7, 11) is 0. The van der Waals surface area contributed by atoms with Gasteiger partial charge >= 0.3 is 0 Å². The number of aromatic nitrogens is 2. The SMILES string of the molecule is CCC(=O)Nc1ccc(N2CCC(CNC(=O)c3ccc(C)cn3)CC2)nc1. The third-order valence-corrected chi connectivity index (χ3v) is 4.99. The number of nitrogens with one attached hydrogen (secondary N) is 2. The van der Waals surface area contributed by atoms with Crippen LogP contribution in [0.4, 0.5) is 11.5 Å². The second-order valence-corrected chi connectivity index (χ2v) is 7.17. The van der Waals surface area contributed by atoms with E-state index in [0.717, 1.165) is 43.0 Å². The fourth-order valence-electron chi connectivity index (χ4n) is 3.19. The molecule has 1 aliphatic rings. The molecule has 148 valence electrons. The van der Waals surface area contributed by atoms with Crippen LogP contribution in [0.5, 0.6) is 0 Å². The van der Waals surface area contributed by atoms with Gasteiger partial charge in [-0.2, -0.15) is 0 Å². The summed E-state index contributed by atoms with van der Waals surface area (Å²) in [5, 5.41) is 5.81. The summed E-state index contributed by atoms with van der Waals surface area (Å²) in [5.41, 5.74) is 2.22. The number of carbonyl (C=O) groups is 2. The van der Waals surface area contributed by atoms with Crippen molar-refractivity contribution in [3.63, 3.8) is 0 Å². The van der Waals surface area contributed by atoms with E-state index in [0.29, 0.717) is 24.6 Å². The second-order valence-electron chi connectivity index (χ2n) is 7.17. The minimum absolute atomic E-state index is 0.0155. The zero-order chi connectivity index (χ0) is 19.9. The number of nitrogens with zero attached hydrogens (tertiary/aromatic N) is 3. The molecule has 2 aromatic heterocycles. The minimum Gasteiger partial charge on any atom is -0.357 e. The molecule has 1 fully saturated rings. The highest BCUT2D eigenvalue weighted by atomic mass is 16.2. The summed E-state index contributed by atoms with van der Waals surface area (Å²) in [6, 6.07) is 7.48. The molecule has 0 unspecified atom stereocenters. The number of aryl methyl sites for hydroxylation is 1. The van der Waals surface area contributed by atoms with Crippen molar-refractivity contribution in [2.24, 2.45) is 5.92 Å². The minimum atomic E-state index is -0.117. The van der Waals surface area contributed by atoms with Gasteiger partial charge in [0.05, 0.1) is 11.9 Å². The Kier molecular flexibility index (Phi) is 6.57. The lowest BCUT2D eigenvalue weighted by atomic mass is 9.96. The van der Waals surface area contributed by atoms with Gasteiger partial charge in [-0.15, -0.1) is 0 Å². The highest BCUT2D eigenvalue weighted by Crippen LogP contribution is 2.22. The second kappa shape index (κ2) is 9.30. The zero-order valence-corrected chi connectivity index (χ0v) is 16.4. The van der Waals surface area contributed by atoms with Crippen molar-refractivity contribution in [2.45, 2.75) is 33.1 Å². The molecule has 1 saturated heterocycles. The lowest BCUT2D eigenvalue weighted by molar-refractivity contribution is -0.115. The fourth-order valence-corrected chi connectivity index (χ4v) is 3.19. The van der Waals surface area contributed by atoms with E-state index in [1.807, 2.05) is 32.0 Å². The molecule has 0 spiro atoms. The summed E-state index contributed by atoms with van der Waals surface area (Å²) < 4.78 is 0. The van der Waals surface area contributed by atoms with E-state index in [4.69, 9.17) is 0 Å². The predicted octanol–water partition coefficient (Wildman–Crippen LogP) is 2.78. The predicted molar refractivity (Wildman–Crippen MR) is 109 cm³/mol. The Labute approximate surface area is 165 Å². The van der Waals surface area contributed by atoms with Crippen LogP contribution in [-0.2, 0) is 4.79 Å². The van der Waals surface area contributed by atoms with Gasteiger partial charge in [-0.3, -0.25) is 14.6 Å². The molecule has 0 atom stereocenters. The van der Waals surface area contributed by atoms with Gasteiger partial charge in [0.1, 0.15) is 11.5 Å². The van der Waals surface area contributed by atoms with Crippen LogP contribution in [-0.4, -0.2) is 41.4 Å². The fraction of sp³-hybridized carbons (Fsp3) is 0.429. The van der Waals surface area contributed by atoms with E-state index in [2.05, 4.69) is 25.5 Å². The lowest BCUT2D eigenvalue weighted by Crippen LogP contribution is -2.39. The molecular weight excluding hydrogens is 354 g/mol. The summed E-state index contributed by atoms with van der Waals surface area (Å²) in [5.74, 6) is 1.24. The Morgan fingerprint density at radius 3 is 2.50 bits per heavy atom. The van der Waals surface area contributed by atoms with E-state index >= 15 is 0 Å². The van der Waals surface area contributed by atoms with Crippen molar-refractivity contribution in [1.29, 1.82) is 0 Å². The molecule has 0 aromatic carbocycles. The number of amides is 2. The molecule has 0 saturated carbocycles. The molecule has 7 heteroatoms. The molecule has 0 radical (unpaired) electrons. The molecule has 28 heavy (non-hydrogen) atoms. The number of hydrogen-bond donors (Lipinski definition) is 2. The van der Waals surface area contributed by atoms with E-state index in [9.17, 15) is 9.59 Å². The highest BCUT2D eigenvalue weighted by molar-refractivity contribution is 5.92. The van der Waals surface area contributed by atoms with Crippen molar-refractivity contribution >= 4 is 23.3 Å². The number of rotatable bonds is 6. The normalized spacial score (nSPS) is 14.6. The molecule has 3 rings (SSSR count). The van der Waals surface area contributed by atoms with Crippen LogP contribution in [0.1, 0.15) is 42.2 Å². The number of pyridine rings is 2. The Bertz CT molecular complexity index is 797. The Morgan fingerprint density at radius 1 is 1.11 bits per heavy atom. The molecular formula is C21H27N5O2. The monoisotopic (exact) mass is 381 g/mol. The molecule has 2 aromatic rings. The molecule has 1 aliphatic heterocycles. The lowest BCUT2D eigenvalue weighted by Gasteiger charge is -2.32. The van der Waals surface area contributed by atoms with Crippen molar-refractivity contribution in [3.05, 3.63) is 47.9 Å². The molecule has 3 heterocycles. The quantitative estimate of drug-likeness (QED) is 0.803. The number of carbonyl (C=O) groups excluding carboxylic acids is 2. The summed E-state index contributed by atoms with van der Waals surface area (Å²) in [6.07, 6.45) is 5.85. The van der Waals surface area contributed by atoms with E-state index in [1.54, 1.807) is 18.5 Å².